The average Bonchev–Trinajstić information content (AvgIpc) is 2.54. The first-order valence-corrected chi connectivity index (χ1v) is 4.84. The number of alkyl halides is 2. The zero-order valence-corrected chi connectivity index (χ0v) is 8.80. The molecular formula is C10H6F2N2O4. The van der Waals surface area contributed by atoms with Gasteiger partial charge in [0.15, 0.2) is 0 Å². The Morgan fingerprint density at radius 3 is 2.56 bits per heavy atom. The van der Waals surface area contributed by atoms with E-state index in [0.29, 0.717) is 4.90 Å². The fourth-order valence-corrected chi connectivity index (χ4v) is 1.72. The maximum absolute atomic E-state index is 12.3. The Bertz CT molecular complexity index is 559. The number of hydrogen-bond acceptors (Lipinski definition) is 4. The molecule has 0 aliphatic carbocycles. The van der Waals surface area contributed by atoms with Crippen LogP contribution in [0.5, 0.6) is 0 Å². The lowest BCUT2D eigenvalue weighted by Crippen LogP contribution is -2.33. The van der Waals surface area contributed by atoms with Crippen molar-refractivity contribution in [3.05, 3.63) is 33.9 Å². The summed E-state index contributed by atoms with van der Waals surface area (Å²) in [5.74, 6) is -2.10. The van der Waals surface area contributed by atoms with E-state index in [9.17, 15) is 28.5 Å². The van der Waals surface area contributed by atoms with E-state index in [4.69, 9.17) is 0 Å². The van der Waals surface area contributed by atoms with Gasteiger partial charge in [0, 0.05) is 12.1 Å². The Kier molecular flexibility index (Phi) is 2.77. The van der Waals surface area contributed by atoms with Crippen molar-refractivity contribution < 1.29 is 23.3 Å². The van der Waals surface area contributed by atoms with E-state index in [0.717, 1.165) is 18.2 Å². The molecule has 0 saturated carbocycles. The quantitative estimate of drug-likeness (QED) is 0.465. The number of nitro benzene ring substituents is 1. The minimum absolute atomic E-state index is 0.0177. The van der Waals surface area contributed by atoms with Crippen LogP contribution in [-0.2, 0) is 4.79 Å². The van der Waals surface area contributed by atoms with Crippen molar-refractivity contribution in [3.63, 3.8) is 0 Å². The number of rotatable bonds is 3. The van der Waals surface area contributed by atoms with Crippen molar-refractivity contribution in [2.24, 2.45) is 0 Å². The standard InChI is InChI=1S/C10H6F2N2O4/c11-8(12)4-13-7-2-1-5(14(17)18)3-6(7)9(15)10(13)16/h1-3,8H,4H2. The Labute approximate surface area is 99.0 Å². The van der Waals surface area contributed by atoms with Crippen LogP contribution in [0.2, 0.25) is 0 Å². The van der Waals surface area contributed by atoms with Crippen molar-refractivity contribution in [1.29, 1.82) is 0 Å². The number of nitrogens with zero attached hydrogens (tertiary/aromatic N) is 2. The second-order valence-corrected chi connectivity index (χ2v) is 3.59. The number of Topliss-reactive ketones (excluding diaryl/α,β-unsaturated/α-hetero) is 1. The van der Waals surface area contributed by atoms with Crippen LogP contribution < -0.4 is 4.90 Å². The summed E-state index contributed by atoms with van der Waals surface area (Å²) in [5, 5.41) is 10.5. The molecule has 0 radical (unpaired) electrons. The lowest BCUT2D eigenvalue weighted by molar-refractivity contribution is -0.384. The van der Waals surface area contributed by atoms with Crippen molar-refractivity contribution in [1.82, 2.24) is 0 Å². The molecule has 0 spiro atoms. The number of halogens is 2. The lowest BCUT2D eigenvalue weighted by atomic mass is 10.1. The first-order chi connectivity index (χ1) is 8.41. The number of anilines is 1. The number of carbonyl (C=O) groups excluding carboxylic acids is 2. The second-order valence-electron chi connectivity index (χ2n) is 3.59. The van der Waals surface area contributed by atoms with Crippen molar-refractivity contribution in [2.45, 2.75) is 6.43 Å². The number of fused-ring (bicyclic) bond motifs is 1. The molecular weight excluding hydrogens is 250 g/mol. The normalized spacial score (nSPS) is 14.3. The van der Waals surface area contributed by atoms with E-state index >= 15 is 0 Å². The van der Waals surface area contributed by atoms with E-state index in [-0.39, 0.29) is 16.9 Å². The van der Waals surface area contributed by atoms with E-state index < -0.39 is 29.6 Å². The number of hydrogen-bond donors (Lipinski definition) is 0. The van der Waals surface area contributed by atoms with E-state index in [1.54, 1.807) is 0 Å². The molecule has 0 fully saturated rings. The predicted octanol–water partition coefficient (Wildman–Crippen LogP) is 1.39. The number of ketones is 1. The van der Waals surface area contributed by atoms with Crippen LogP contribution in [-0.4, -0.2) is 29.6 Å². The molecule has 0 atom stereocenters. The van der Waals surface area contributed by atoms with Crippen LogP contribution in [0.15, 0.2) is 18.2 Å². The van der Waals surface area contributed by atoms with Crippen LogP contribution in [0, 0.1) is 10.1 Å². The largest absolute Gasteiger partial charge is 0.299 e. The summed E-state index contributed by atoms with van der Waals surface area (Å²) in [4.78, 5) is 33.4. The van der Waals surface area contributed by atoms with Crippen molar-refractivity contribution >= 4 is 23.1 Å². The summed E-state index contributed by atoms with van der Waals surface area (Å²) in [5.41, 5.74) is -0.598. The van der Waals surface area contributed by atoms with Gasteiger partial charge in [-0.1, -0.05) is 0 Å². The molecule has 1 aromatic rings. The zero-order valence-electron chi connectivity index (χ0n) is 8.80. The molecule has 0 saturated heterocycles. The van der Waals surface area contributed by atoms with Crippen molar-refractivity contribution in [2.75, 3.05) is 11.4 Å². The highest BCUT2D eigenvalue weighted by atomic mass is 19.3. The molecule has 1 aliphatic heterocycles. The highest BCUT2D eigenvalue weighted by Gasteiger charge is 2.38. The van der Waals surface area contributed by atoms with Gasteiger partial charge < -0.3 is 0 Å². The molecule has 18 heavy (non-hydrogen) atoms. The lowest BCUT2D eigenvalue weighted by Gasteiger charge is -2.15. The molecule has 1 aromatic carbocycles. The monoisotopic (exact) mass is 256 g/mol. The predicted molar refractivity (Wildman–Crippen MR) is 55.8 cm³/mol. The molecule has 94 valence electrons. The van der Waals surface area contributed by atoms with Gasteiger partial charge in [0.2, 0.25) is 0 Å². The molecule has 2 rings (SSSR count). The molecule has 1 amide bonds. The minimum Gasteiger partial charge on any atom is -0.299 e. The Hall–Kier alpha value is -2.38. The molecule has 6 nitrogen and oxygen atoms in total. The van der Waals surface area contributed by atoms with Gasteiger partial charge in [-0.05, 0) is 6.07 Å². The van der Waals surface area contributed by atoms with Gasteiger partial charge in [-0.25, -0.2) is 8.78 Å². The number of carbonyl (C=O) groups is 2. The van der Waals surface area contributed by atoms with Crippen LogP contribution >= 0.6 is 0 Å². The highest BCUT2D eigenvalue weighted by Crippen LogP contribution is 2.32. The first-order valence-electron chi connectivity index (χ1n) is 4.84. The fourth-order valence-electron chi connectivity index (χ4n) is 1.72. The number of nitro groups is 1. The van der Waals surface area contributed by atoms with E-state index in [1.807, 2.05) is 0 Å². The van der Waals surface area contributed by atoms with Crippen molar-refractivity contribution in [3.8, 4) is 0 Å². The van der Waals surface area contributed by atoms with E-state index in [2.05, 4.69) is 0 Å². The summed E-state index contributed by atoms with van der Waals surface area (Å²) in [6.45, 7) is -0.907. The molecule has 0 N–H and O–H groups in total. The number of non-ortho nitro benzene ring substituents is 1. The second kappa shape index (κ2) is 4.13. The smallest absolute Gasteiger partial charge is 0.299 e. The molecule has 0 bridgehead atoms. The molecule has 8 heteroatoms. The molecule has 1 heterocycles. The third-order valence-corrected chi connectivity index (χ3v) is 2.49. The molecule has 1 aliphatic rings. The van der Waals surface area contributed by atoms with Gasteiger partial charge in [0.25, 0.3) is 23.8 Å². The first kappa shape index (κ1) is 12.1. The maximum Gasteiger partial charge on any atom is 0.299 e. The SMILES string of the molecule is O=C1C(=O)N(CC(F)F)c2ccc([N+](=O)[O-])cc21. The van der Waals surface area contributed by atoms with Gasteiger partial charge in [-0.3, -0.25) is 24.6 Å². The Morgan fingerprint density at radius 1 is 1.33 bits per heavy atom. The number of amides is 1. The summed E-state index contributed by atoms with van der Waals surface area (Å²) >= 11 is 0. The average molecular weight is 256 g/mol. The third kappa shape index (κ3) is 1.81. The van der Waals surface area contributed by atoms with E-state index in [1.165, 1.54) is 0 Å². The third-order valence-electron chi connectivity index (χ3n) is 2.49. The zero-order chi connectivity index (χ0) is 13.4. The van der Waals surface area contributed by atoms with Gasteiger partial charge in [0.05, 0.1) is 22.7 Å². The summed E-state index contributed by atoms with van der Waals surface area (Å²) in [6.07, 6.45) is -2.79. The van der Waals surface area contributed by atoms with Gasteiger partial charge in [-0.15, -0.1) is 0 Å². The van der Waals surface area contributed by atoms with Crippen LogP contribution in [0.4, 0.5) is 20.2 Å². The Morgan fingerprint density at radius 2 is 2.00 bits per heavy atom. The fraction of sp³-hybridized carbons (Fsp3) is 0.200. The van der Waals surface area contributed by atoms with Gasteiger partial charge in [0.1, 0.15) is 0 Å². The van der Waals surface area contributed by atoms with Crippen LogP contribution in [0.3, 0.4) is 0 Å². The van der Waals surface area contributed by atoms with Crippen LogP contribution in [0.25, 0.3) is 0 Å². The summed E-state index contributed by atoms with van der Waals surface area (Å²) in [6, 6.07) is 3.10. The van der Waals surface area contributed by atoms with Gasteiger partial charge in [-0.2, -0.15) is 0 Å². The van der Waals surface area contributed by atoms with Crippen LogP contribution in [0.1, 0.15) is 10.4 Å². The summed E-state index contributed by atoms with van der Waals surface area (Å²) < 4.78 is 24.6. The topological polar surface area (TPSA) is 80.5 Å². The molecule has 0 unspecified atom stereocenters. The molecule has 0 aromatic heterocycles. The highest BCUT2D eigenvalue weighted by molar-refractivity contribution is 6.52. The Balaban J connectivity index is 2.47. The number of benzene rings is 1. The minimum atomic E-state index is -2.79. The maximum atomic E-state index is 12.3. The summed E-state index contributed by atoms with van der Waals surface area (Å²) in [7, 11) is 0. The van der Waals surface area contributed by atoms with Gasteiger partial charge >= 0.3 is 0 Å².